The minimum atomic E-state index is -3.48. The van der Waals surface area contributed by atoms with Gasteiger partial charge in [0.05, 0.1) is 17.4 Å². The zero-order chi connectivity index (χ0) is 11.9. The SMILES string of the molecule is CC(F)(F)CC1CS(=O)(=O)CC1C(=O)O. The number of carbonyl (C=O) groups is 1. The Morgan fingerprint density at radius 3 is 2.40 bits per heavy atom. The van der Waals surface area contributed by atoms with Gasteiger partial charge in [-0.3, -0.25) is 4.79 Å². The van der Waals surface area contributed by atoms with Crippen LogP contribution in [0.3, 0.4) is 0 Å². The van der Waals surface area contributed by atoms with Crippen LogP contribution >= 0.6 is 0 Å². The topological polar surface area (TPSA) is 71.4 Å². The molecule has 0 aromatic rings. The third-order valence-corrected chi connectivity index (χ3v) is 4.21. The summed E-state index contributed by atoms with van der Waals surface area (Å²) in [5.41, 5.74) is 0. The summed E-state index contributed by atoms with van der Waals surface area (Å²) in [6.07, 6.45) is -0.691. The Kier molecular flexibility index (Phi) is 3.04. The minimum absolute atomic E-state index is 0.451. The van der Waals surface area contributed by atoms with E-state index in [0.29, 0.717) is 6.92 Å². The lowest BCUT2D eigenvalue weighted by molar-refractivity contribution is -0.143. The second-order valence-corrected chi connectivity index (χ2v) is 6.21. The van der Waals surface area contributed by atoms with Gasteiger partial charge in [0.25, 0.3) is 0 Å². The van der Waals surface area contributed by atoms with Gasteiger partial charge in [0.1, 0.15) is 0 Å². The summed E-state index contributed by atoms with van der Waals surface area (Å²) in [7, 11) is -3.48. The number of carboxylic acids is 1. The number of carboxylic acid groups (broad SMARTS) is 1. The summed E-state index contributed by atoms with van der Waals surface area (Å²) in [4.78, 5) is 10.7. The smallest absolute Gasteiger partial charge is 0.307 e. The molecular formula is C8H12F2O4S. The molecule has 1 fully saturated rings. The molecule has 0 bridgehead atoms. The predicted molar refractivity (Wildman–Crippen MR) is 48.5 cm³/mol. The van der Waals surface area contributed by atoms with Crippen molar-refractivity contribution in [3.05, 3.63) is 0 Å². The first kappa shape index (κ1) is 12.4. The molecular weight excluding hydrogens is 230 g/mol. The van der Waals surface area contributed by atoms with E-state index in [9.17, 15) is 22.0 Å². The lowest BCUT2D eigenvalue weighted by Crippen LogP contribution is -2.27. The summed E-state index contributed by atoms with van der Waals surface area (Å²) in [5.74, 6) is -7.49. The first-order chi connectivity index (χ1) is 6.61. The number of halogens is 2. The van der Waals surface area contributed by atoms with E-state index in [0.717, 1.165) is 0 Å². The van der Waals surface area contributed by atoms with Crippen LogP contribution in [0.25, 0.3) is 0 Å². The highest BCUT2D eigenvalue weighted by Gasteiger charge is 2.45. The molecule has 88 valence electrons. The Hall–Kier alpha value is -0.720. The van der Waals surface area contributed by atoms with Crippen molar-refractivity contribution in [2.75, 3.05) is 11.5 Å². The average Bonchev–Trinajstić information content (AvgIpc) is 2.21. The van der Waals surface area contributed by atoms with E-state index >= 15 is 0 Å². The van der Waals surface area contributed by atoms with E-state index in [-0.39, 0.29) is 0 Å². The molecule has 4 nitrogen and oxygen atoms in total. The molecule has 1 N–H and O–H groups in total. The van der Waals surface area contributed by atoms with E-state index in [1.807, 2.05) is 0 Å². The van der Waals surface area contributed by atoms with Crippen LogP contribution < -0.4 is 0 Å². The van der Waals surface area contributed by atoms with Gasteiger partial charge in [0, 0.05) is 6.42 Å². The molecule has 0 spiro atoms. The average molecular weight is 242 g/mol. The zero-order valence-electron chi connectivity index (χ0n) is 8.11. The summed E-state index contributed by atoms with van der Waals surface area (Å²) < 4.78 is 47.6. The molecule has 0 aromatic carbocycles. The van der Waals surface area contributed by atoms with Crippen LogP contribution in [0.5, 0.6) is 0 Å². The van der Waals surface area contributed by atoms with Crippen LogP contribution in [0.2, 0.25) is 0 Å². The molecule has 1 heterocycles. The van der Waals surface area contributed by atoms with Crippen LogP contribution in [0, 0.1) is 11.8 Å². The Morgan fingerprint density at radius 2 is 2.00 bits per heavy atom. The van der Waals surface area contributed by atoms with E-state index in [4.69, 9.17) is 5.11 Å². The Morgan fingerprint density at radius 1 is 1.47 bits per heavy atom. The van der Waals surface area contributed by atoms with Gasteiger partial charge >= 0.3 is 5.97 Å². The largest absolute Gasteiger partial charge is 0.481 e. The lowest BCUT2D eigenvalue weighted by atomic mass is 9.91. The van der Waals surface area contributed by atoms with Crippen LogP contribution in [0.4, 0.5) is 8.78 Å². The van der Waals surface area contributed by atoms with E-state index in [2.05, 4.69) is 0 Å². The van der Waals surface area contributed by atoms with Gasteiger partial charge < -0.3 is 5.11 Å². The predicted octanol–water partition coefficient (Wildman–Crippen LogP) is 0.777. The first-order valence-electron chi connectivity index (χ1n) is 4.42. The van der Waals surface area contributed by atoms with Gasteiger partial charge in [-0.2, -0.15) is 0 Å². The lowest BCUT2D eigenvalue weighted by Gasteiger charge is -2.18. The monoisotopic (exact) mass is 242 g/mol. The van der Waals surface area contributed by atoms with Crippen molar-refractivity contribution in [2.24, 2.45) is 11.8 Å². The molecule has 1 aliphatic heterocycles. The fraction of sp³-hybridized carbons (Fsp3) is 0.875. The van der Waals surface area contributed by atoms with Crippen LogP contribution in [-0.4, -0.2) is 36.9 Å². The van der Waals surface area contributed by atoms with Gasteiger partial charge in [-0.1, -0.05) is 0 Å². The second-order valence-electron chi connectivity index (χ2n) is 4.06. The van der Waals surface area contributed by atoms with Crippen LogP contribution in [0.1, 0.15) is 13.3 Å². The number of alkyl halides is 2. The highest BCUT2D eigenvalue weighted by molar-refractivity contribution is 7.91. The Bertz CT molecular complexity index is 357. The van der Waals surface area contributed by atoms with Crippen molar-refractivity contribution >= 4 is 15.8 Å². The van der Waals surface area contributed by atoms with E-state index in [1.165, 1.54) is 0 Å². The molecule has 1 rings (SSSR count). The molecule has 2 atom stereocenters. The summed E-state index contributed by atoms with van der Waals surface area (Å²) in [6.45, 7) is 0.664. The van der Waals surface area contributed by atoms with Crippen molar-refractivity contribution in [1.82, 2.24) is 0 Å². The third-order valence-electron chi connectivity index (χ3n) is 2.41. The molecule has 7 heteroatoms. The van der Waals surface area contributed by atoms with Gasteiger partial charge in [-0.25, -0.2) is 17.2 Å². The molecule has 15 heavy (non-hydrogen) atoms. The standard InChI is InChI=1S/C8H12F2O4S/c1-8(9,10)2-5-3-15(13,14)4-6(5)7(11)12/h5-6H,2-4H2,1H3,(H,11,12). The fourth-order valence-electron chi connectivity index (χ4n) is 1.85. The van der Waals surface area contributed by atoms with Crippen LogP contribution in [-0.2, 0) is 14.6 Å². The molecule has 1 saturated heterocycles. The third kappa shape index (κ3) is 3.40. The Labute approximate surface area is 86.2 Å². The van der Waals surface area contributed by atoms with Crippen molar-refractivity contribution in [3.8, 4) is 0 Å². The highest BCUT2D eigenvalue weighted by atomic mass is 32.2. The maximum absolute atomic E-state index is 12.7. The summed E-state index contributed by atoms with van der Waals surface area (Å²) in [5, 5.41) is 8.70. The zero-order valence-corrected chi connectivity index (χ0v) is 8.93. The minimum Gasteiger partial charge on any atom is -0.481 e. The second kappa shape index (κ2) is 3.70. The van der Waals surface area contributed by atoms with Gasteiger partial charge in [-0.15, -0.1) is 0 Å². The van der Waals surface area contributed by atoms with Crippen molar-refractivity contribution in [2.45, 2.75) is 19.3 Å². The molecule has 0 saturated carbocycles. The summed E-state index contributed by atoms with van der Waals surface area (Å²) in [6, 6.07) is 0. The molecule has 0 radical (unpaired) electrons. The number of hydrogen-bond acceptors (Lipinski definition) is 3. The fourth-order valence-corrected chi connectivity index (χ4v) is 3.95. The molecule has 0 aromatic heterocycles. The van der Waals surface area contributed by atoms with E-state index < -0.39 is 51.5 Å². The first-order valence-corrected chi connectivity index (χ1v) is 6.24. The van der Waals surface area contributed by atoms with E-state index in [1.54, 1.807) is 0 Å². The van der Waals surface area contributed by atoms with Crippen molar-refractivity contribution in [3.63, 3.8) is 0 Å². The molecule has 0 aliphatic carbocycles. The number of sulfone groups is 1. The quantitative estimate of drug-likeness (QED) is 0.793. The van der Waals surface area contributed by atoms with Crippen molar-refractivity contribution < 1.29 is 27.1 Å². The van der Waals surface area contributed by atoms with Crippen LogP contribution in [0.15, 0.2) is 0 Å². The number of rotatable bonds is 3. The molecule has 2 unspecified atom stereocenters. The molecule has 0 amide bonds. The maximum atomic E-state index is 12.7. The number of hydrogen-bond donors (Lipinski definition) is 1. The van der Waals surface area contributed by atoms with Crippen molar-refractivity contribution in [1.29, 1.82) is 0 Å². The van der Waals surface area contributed by atoms with Gasteiger partial charge in [-0.05, 0) is 12.8 Å². The Balaban J connectivity index is 2.83. The maximum Gasteiger partial charge on any atom is 0.307 e. The highest BCUT2D eigenvalue weighted by Crippen LogP contribution is 2.34. The number of aliphatic carboxylic acids is 1. The molecule has 1 aliphatic rings. The normalized spacial score (nSPS) is 30.3. The van der Waals surface area contributed by atoms with Gasteiger partial charge in [0.2, 0.25) is 5.92 Å². The van der Waals surface area contributed by atoms with Gasteiger partial charge in [0.15, 0.2) is 9.84 Å². The summed E-state index contributed by atoms with van der Waals surface area (Å²) >= 11 is 0.